The molecule has 0 bridgehead atoms. The lowest BCUT2D eigenvalue weighted by Crippen LogP contribution is -2.27. The number of carbonyl (C=O) groups excluding carboxylic acids is 2. The molecule has 2 aromatic rings. The zero-order valence-electron chi connectivity index (χ0n) is 14.6. The van der Waals surface area contributed by atoms with Crippen molar-refractivity contribution in [3.63, 3.8) is 0 Å². The van der Waals surface area contributed by atoms with Crippen LogP contribution in [0.4, 0.5) is 10.7 Å². The highest BCUT2D eigenvalue weighted by atomic mass is 32.1. The Kier molecular flexibility index (Phi) is 5.33. The lowest BCUT2D eigenvalue weighted by Gasteiger charge is -2.22. The van der Waals surface area contributed by atoms with E-state index < -0.39 is 16.7 Å². The van der Waals surface area contributed by atoms with Gasteiger partial charge in [0.25, 0.3) is 11.6 Å². The molecular formula is C18H18N4O4S. The predicted octanol–water partition coefficient (Wildman–Crippen LogP) is 2.40. The van der Waals surface area contributed by atoms with Gasteiger partial charge >= 0.3 is 0 Å². The van der Waals surface area contributed by atoms with E-state index in [1.807, 2.05) is 7.05 Å². The summed E-state index contributed by atoms with van der Waals surface area (Å²) >= 11 is 1.35. The molecule has 8 nitrogen and oxygen atoms in total. The Hall–Kier alpha value is -3.04. The number of primary amides is 1. The number of likely N-dealkylation sites (N-methyl/N-ethyl adjacent to an activating group) is 1. The van der Waals surface area contributed by atoms with Crippen molar-refractivity contribution in [1.29, 1.82) is 0 Å². The maximum Gasteiger partial charge on any atom is 0.270 e. The van der Waals surface area contributed by atoms with Gasteiger partial charge in [-0.05, 0) is 30.7 Å². The number of nitrogens with zero attached hydrogens (tertiary/aromatic N) is 2. The number of thiophene rings is 1. The number of hydrogen-bond donors (Lipinski definition) is 2. The van der Waals surface area contributed by atoms with E-state index in [9.17, 15) is 19.7 Å². The van der Waals surface area contributed by atoms with Gasteiger partial charge in [0.05, 0.1) is 10.5 Å². The van der Waals surface area contributed by atoms with E-state index in [0.717, 1.165) is 17.0 Å². The summed E-state index contributed by atoms with van der Waals surface area (Å²) in [5, 5.41) is 14.0. The van der Waals surface area contributed by atoms with Crippen LogP contribution in [0.5, 0.6) is 0 Å². The van der Waals surface area contributed by atoms with Gasteiger partial charge in [0, 0.05) is 36.2 Å². The molecule has 9 heteroatoms. The molecule has 1 aromatic heterocycles. The number of nitrogens with one attached hydrogen (secondary N) is 1. The Morgan fingerprint density at radius 1 is 1.41 bits per heavy atom. The fourth-order valence-corrected chi connectivity index (χ4v) is 4.28. The van der Waals surface area contributed by atoms with Gasteiger partial charge < -0.3 is 16.0 Å². The third kappa shape index (κ3) is 4.21. The minimum atomic E-state index is -0.560. The molecule has 27 heavy (non-hydrogen) atoms. The number of nitrogens with two attached hydrogens (primary N) is 1. The van der Waals surface area contributed by atoms with Gasteiger partial charge in [-0.15, -0.1) is 11.3 Å². The number of nitro groups is 1. The fourth-order valence-electron chi connectivity index (χ4n) is 2.95. The lowest BCUT2D eigenvalue weighted by atomic mass is 10.0. The number of non-ortho nitro benzene ring substituents is 1. The lowest BCUT2D eigenvalue weighted by molar-refractivity contribution is -0.384. The summed E-state index contributed by atoms with van der Waals surface area (Å²) in [5.41, 5.74) is 7.28. The van der Waals surface area contributed by atoms with Crippen molar-refractivity contribution in [2.75, 3.05) is 18.9 Å². The normalized spacial score (nSPS) is 14.1. The maximum atomic E-state index is 12.3. The van der Waals surface area contributed by atoms with Gasteiger partial charge in [-0.3, -0.25) is 19.7 Å². The largest absolute Gasteiger partial charge is 0.365 e. The molecule has 0 radical (unpaired) electrons. The summed E-state index contributed by atoms with van der Waals surface area (Å²) in [6, 6.07) is 5.96. The quantitative estimate of drug-likeness (QED) is 0.465. The summed E-state index contributed by atoms with van der Waals surface area (Å²) in [6.45, 7) is 1.53. The number of amides is 2. The van der Waals surface area contributed by atoms with Crippen LogP contribution in [-0.4, -0.2) is 35.2 Å². The van der Waals surface area contributed by atoms with Crippen LogP contribution < -0.4 is 11.1 Å². The fraction of sp³-hybridized carbons (Fsp3) is 0.222. The highest BCUT2D eigenvalue weighted by molar-refractivity contribution is 7.17. The zero-order valence-corrected chi connectivity index (χ0v) is 15.4. The minimum absolute atomic E-state index is 0.0522. The molecule has 3 rings (SSSR count). The number of rotatable bonds is 5. The van der Waals surface area contributed by atoms with Crippen LogP contribution in [0.15, 0.2) is 30.3 Å². The Labute approximate surface area is 159 Å². The van der Waals surface area contributed by atoms with Crippen LogP contribution in [0.1, 0.15) is 26.4 Å². The second kappa shape index (κ2) is 7.68. The van der Waals surface area contributed by atoms with Crippen molar-refractivity contribution in [3.05, 3.63) is 62.0 Å². The number of carbonyl (C=O) groups is 2. The third-order valence-corrected chi connectivity index (χ3v) is 5.37. The third-order valence-electron chi connectivity index (χ3n) is 4.24. The average molecular weight is 386 g/mol. The standard InChI is InChI=1S/C18H18N4O4S/c1-21-8-7-13-14(10-21)27-18(16(13)17(19)24)20-15(23)6-5-11-3-2-4-12(9-11)22(25)26/h2-6,9H,7-8,10H2,1H3,(H2,19,24)(H,20,23). The Balaban J connectivity index is 1.79. The van der Waals surface area contributed by atoms with E-state index >= 15 is 0 Å². The molecule has 0 saturated carbocycles. The van der Waals surface area contributed by atoms with E-state index in [1.165, 1.54) is 35.6 Å². The monoisotopic (exact) mass is 386 g/mol. The van der Waals surface area contributed by atoms with Crippen molar-refractivity contribution in [2.45, 2.75) is 13.0 Å². The summed E-state index contributed by atoms with van der Waals surface area (Å²) in [6.07, 6.45) is 3.46. The molecular weight excluding hydrogens is 368 g/mol. The van der Waals surface area contributed by atoms with Crippen LogP contribution in [0, 0.1) is 10.1 Å². The molecule has 0 saturated heterocycles. The first-order valence-electron chi connectivity index (χ1n) is 8.21. The molecule has 1 aliphatic rings. The zero-order chi connectivity index (χ0) is 19.6. The van der Waals surface area contributed by atoms with Crippen LogP contribution in [0.3, 0.4) is 0 Å². The predicted molar refractivity (Wildman–Crippen MR) is 104 cm³/mol. The Bertz CT molecular complexity index is 951. The van der Waals surface area contributed by atoms with Crippen molar-refractivity contribution < 1.29 is 14.5 Å². The molecule has 0 atom stereocenters. The second-order valence-electron chi connectivity index (χ2n) is 6.23. The first kappa shape index (κ1) is 18.7. The Morgan fingerprint density at radius 2 is 2.19 bits per heavy atom. The number of anilines is 1. The van der Waals surface area contributed by atoms with E-state index in [1.54, 1.807) is 12.1 Å². The van der Waals surface area contributed by atoms with Gasteiger partial charge in [-0.2, -0.15) is 0 Å². The molecule has 3 N–H and O–H groups in total. The summed E-state index contributed by atoms with van der Waals surface area (Å²) < 4.78 is 0. The highest BCUT2D eigenvalue weighted by Crippen LogP contribution is 2.36. The van der Waals surface area contributed by atoms with E-state index in [0.29, 0.717) is 29.1 Å². The smallest absolute Gasteiger partial charge is 0.270 e. The molecule has 0 fully saturated rings. The van der Waals surface area contributed by atoms with Crippen LogP contribution >= 0.6 is 11.3 Å². The van der Waals surface area contributed by atoms with E-state index in [-0.39, 0.29) is 5.69 Å². The molecule has 140 valence electrons. The summed E-state index contributed by atoms with van der Waals surface area (Å²) in [5.74, 6) is -0.994. The molecule has 2 heterocycles. The highest BCUT2D eigenvalue weighted by Gasteiger charge is 2.26. The molecule has 1 aliphatic heterocycles. The first-order valence-corrected chi connectivity index (χ1v) is 9.03. The van der Waals surface area contributed by atoms with Crippen molar-refractivity contribution >= 4 is 39.9 Å². The van der Waals surface area contributed by atoms with E-state index in [2.05, 4.69) is 10.2 Å². The molecule has 0 spiro atoms. The molecule has 0 unspecified atom stereocenters. The summed E-state index contributed by atoms with van der Waals surface area (Å²) in [7, 11) is 1.99. The van der Waals surface area contributed by atoms with Crippen molar-refractivity contribution in [2.24, 2.45) is 5.73 Å². The number of fused-ring (bicyclic) bond motifs is 1. The summed E-state index contributed by atoms with van der Waals surface area (Å²) in [4.78, 5) is 37.6. The second-order valence-corrected chi connectivity index (χ2v) is 7.34. The average Bonchev–Trinajstić information content (AvgIpc) is 2.97. The van der Waals surface area contributed by atoms with Gasteiger partial charge in [-0.25, -0.2) is 0 Å². The number of benzene rings is 1. The minimum Gasteiger partial charge on any atom is -0.365 e. The van der Waals surface area contributed by atoms with Gasteiger partial charge in [0.15, 0.2) is 0 Å². The van der Waals surface area contributed by atoms with Gasteiger partial charge in [0.1, 0.15) is 5.00 Å². The van der Waals surface area contributed by atoms with Crippen LogP contribution in [0.25, 0.3) is 6.08 Å². The molecule has 1 aromatic carbocycles. The maximum absolute atomic E-state index is 12.3. The first-order chi connectivity index (χ1) is 12.8. The Morgan fingerprint density at radius 3 is 2.89 bits per heavy atom. The topological polar surface area (TPSA) is 119 Å². The van der Waals surface area contributed by atoms with Crippen molar-refractivity contribution in [3.8, 4) is 0 Å². The number of hydrogen-bond acceptors (Lipinski definition) is 6. The van der Waals surface area contributed by atoms with Gasteiger partial charge in [0.2, 0.25) is 5.91 Å². The SMILES string of the molecule is CN1CCc2c(sc(NC(=O)C=Cc3cccc([N+](=O)[O-])c3)c2C(N)=O)C1. The van der Waals surface area contributed by atoms with Crippen LogP contribution in [-0.2, 0) is 17.8 Å². The van der Waals surface area contributed by atoms with Crippen molar-refractivity contribution in [1.82, 2.24) is 4.90 Å². The molecule has 2 amide bonds. The molecule has 0 aliphatic carbocycles. The van der Waals surface area contributed by atoms with Crippen LogP contribution in [0.2, 0.25) is 0 Å². The van der Waals surface area contributed by atoms with E-state index in [4.69, 9.17) is 5.73 Å². The number of nitro benzene ring substituents is 1. The van der Waals surface area contributed by atoms with Gasteiger partial charge in [-0.1, -0.05) is 12.1 Å².